The normalized spacial score (nSPS) is 45.8. The molecule has 9 nitrogen and oxygen atoms in total. The molecule has 0 spiro atoms. The van der Waals surface area contributed by atoms with E-state index in [4.69, 9.17) is 23.7 Å². The first-order valence-electron chi connectivity index (χ1n) is 9.77. The van der Waals surface area contributed by atoms with Gasteiger partial charge in [0, 0.05) is 23.7 Å². The molecule has 4 saturated heterocycles. The Kier molecular flexibility index (Phi) is 6.32. The van der Waals surface area contributed by atoms with Crippen molar-refractivity contribution in [3.05, 3.63) is 0 Å². The molecule has 0 bridgehead atoms. The van der Waals surface area contributed by atoms with E-state index in [1.54, 1.807) is 0 Å². The van der Waals surface area contributed by atoms with Crippen molar-refractivity contribution >= 4 is 0 Å². The molecule has 4 aliphatic heterocycles. The van der Waals surface area contributed by atoms with Crippen LogP contribution in [0.25, 0.3) is 0 Å². The second-order valence-corrected chi connectivity index (χ2v) is 7.94. The quantitative estimate of drug-likeness (QED) is 0.328. The van der Waals surface area contributed by atoms with E-state index in [2.05, 4.69) is 0 Å². The van der Waals surface area contributed by atoms with Gasteiger partial charge in [0.15, 0.2) is 0 Å². The van der Waals surface area contributed by atoms with Crippen LogP contribution in [0.1, 0.15) is 0 Å². The summed E-state index contributed by atoms with van der Waals surface area (Å²) in [6.45, 7) is 1.65. The zero-order valence-corrected chi connectivity index (χ0v) is 15.3. The lowest BCUT2D eigenvalue weighted by Crippen LogP contribution is -2.64. The molecule has 156 valence electrons. The highest BCUT2D eigenvalue weighted by Gasteiger charge is 2.54. The number of rotatable bonds is 10. The molecule has 0 aromatic rings. The maximum absolute atomic E-state index is 9.56. The Hall–Kier alpha value is -0.360. The van der Waals surface area contributed by atoms with Gasteiger partial charge in [0.2, 0.25) is 0 Å². The molecule has 4 aliphatic rings. The van der Waals surface area contributed by atoms with E-state index in [9.17, 15) is 20.4 Å². The SMILES string of the molecule is OCC1OCC1C(OC(C1COC1CO)C1COC1CO)C1COC1CO. The molecule has 4 heterocycles. The van der Waals surface area contributed by atoms with Crippen LogP contribution in [0.2, 0.25) is 0 Å². The first-order chi connectivity index (χ1) is 13.2. The molecule has 0 aliphatic carbocycles. The van der Waals surface area contributed by atoms with Crippen molar-refractivity contribution in [2.24, 2.45) is 23.7 Å². The highest BCUT2D eigenvalue weighted by Crippen LogP contribution is 2.42. The third-order valence-corrected chi connectivity index (χ3v) is 6.64. The summed E-state index contributed by atoms with van der Waals surface area (Å²) in [5.41, 5.74) is 0. The van der Waals surface area contributed by atoms with Crippen molar-refractivity contribution in [2.75, 3.05) is 52.9 Å². The van der Waals surface area contributed by atoms with Crippen molar-refractivity contribution in [2.45, 2.75) is 36.6 Å². The fourth-order valence-corrected chi connectivity index (χ4v) is 4.57. The summed E-state index contributed by atoms with van der Waals surface area (Å²) in [7, 11) is 0. The Labute approximate surface area is 158 Å². The van der Waals surface area contributed by atoms with E-state index in [0.717, 1.165) is 0 Å². The average Bonchev–Trinajstić information content (AvgIpc) is 2.52. The second-order valence-electron chi connectivity index (χ2n) is 7.94. The molecule has 4 N–H and O–H groups in total. The highest BCUT2D eigenvalue weighted by molar-refractivity contribution is 4.99. The zero-order valence-electron chi connectivity index (χ0n) is 15.3. The summed E-state index contributed by atoms with van der Waals surface area (Å²) in [6.07, 6.45) is -1.62. The topological polar surface area (TPSA) is 127 Å². The third kappa shape index (κ3) is 3.54. The minimum atomic E-state index is -0.284. The molecular weight excluding hydrogens is 360 g/mol. The van der Waals surface area contributed by atoms with Gasteiger partial charge in [-0.3, -0.25) is 0 Å². The van der Waals surface area contributed by atoms with Crippen LogP contribution in [0.15, 0.2) is 0 Å². The van der Waals surface area contributed by atoms with E-state index in [-0.39, 0.29) is 86.7 Å². The van der Waals surface area contributed by atoms with Crippen LogP contribution in [0.5, 0.6) is 0 Å². The lowest BCUT2D eigenvalue weighted by atomic mass is 9.77. The van der Waals surface area contributed by atoms with Crippen molar-refractivity contribution in [3.8, 4) is 0 Å². The first-order valence-corrected chi connectivity index (χ1v) is 9.77. The minimum Gasteiger partial charge on any atom is -0.394 e. The largest absolute Gasteiger partial charge is 0.394 e. The summed E-state index contributed by atoms with van der Waals surface area (Å²) in [4.78, 5) is 0. The van der Waals surface area contributed by atoms with Gasteiger partial charge in [0.1, 0.15) is 0 Å². The summed E-state index contributed by atoms with van der Waals surface area (Å²) >= 11 is 0. The Morgan fingerprint density at radius 1 is 0.556 bits per heavy atom. The molecule has 0 saturated carbocycles. The Balaban J connectivity index is 1.52. The van der Waals surface area contributed by atoms with Gasteiger partial charge in [-0.1, -0.05) is 0 Å². The van der Waals surface area contributed by atoms with Crippen LogP contribution in [0, 0.1) is 23.7 Å². The minimum absolute atomic E-state index is 0.0163. The molecule has 8 atom stereocenters. The van der Waals surface area contributed by atoms with Crippen molar-refractivity contribution in [3.63, 3.8) is 0 Å². The van der Waals surface area contributed by atoms with E-state index < -0.39 is 0 Å². The second kappa shape index (κ2) is 8.56. The molecule has 0 radical (unpaired) electrons. The highest BCUT2D eigenvalue weighted by atomic mass is 16.6. The number of aliphatic hydroxyl groups excluding tert-OH is 4. The van der Waals surface area contributed by atoms with Crippen LogP contribution in [0.3, 0.4) is 0 Å². The van der Waals surface area contributed by atoms with Gasteiger partial charge in [-0.05, 0) is 0 Å². The maximum atomic E-state index is 9.56. The standard InChI is InChI=1S/C18H30O9/c19-1-13-9(5-23-13)17(10-6-24-14(10)2-20)27-18(11-7-25-15(11)3-21)12-8-26-16(12)4-22/h9-22H,1-8H2. The van der Waals surface area contributed by atoms with Crippen LogP contribution in [-0.2, 0) is 23.7 Å². The predicted octanol–water partition coefficient (Wildman–Crippen LogP) is -2.23. The lowest BCUT2D eigenvalue weighted by Gasteiger charge is -2.54. The van der Waals surface area contributed by atoms with Gasteiger partial charge in [-0.15, -0.1) is 0 Å². The first kappa shape index (κ1) is 19.9. The van der Waals surface area contributed by atoms with Crippen LogP contribution >= 0.6 is 0 Å². The molecule has 4 fully saturated rings. The van der Waals surface area contributed by atoms with Gasteiger partial charge in [-0.2, -0.15) is 0 Å². The molecular formula is C18H30O9. The van der Waals surface area contributed by atoms with Gasteiger partial charge in [0.05, 0.1) is 89.5 Å². The predicted molar refractivity (Wildman–Crippen MR) is 89.9 cm³/mol. The molecule has 0 aromatic carbocycles. The van der Waals surface area contributed by atoms with Gasteiger partial charge < -0.3 is 44.1 Å². The van der Waals surface area contributed by atoms with Gasteiger partial charge >= 0.3 is 0 Å². The maximum Gasteiger partial charge on any atom is 0.0880 e. The van der Waals surface area contributed by atoms with Gasteiger partial charge in [-0.25, -0.2) is 0 Å². The molecule has 8 unspecified atom stereocenters. The fourth-order valence-electron chi connectivity index (χ4n) is 4.57. The molecule has 0 aromatic heterocycles. The van der Waals surface area contributed by atoms with E-state index in [0.29, 0.717) is 26.4 Å². The molecule has 9 heteroatoms. The lowest BCUT2D eigenvalue weighted by molar-refractivity contribution is -0.301. The van der Waals surface area contributed by atoms with Crippen LogP contribution < -0.4 is 0 Å². The summed E-state index contributed by atoms with van der Waals surface area (Å²) < 4.78 is 28.5. The smallest absolute Gasteiger partial charge is 0.0880 e. The Bertz CT molecular complexity index is 401. The van der Waals surface area contributed by atoms with E-state index in [1.807, 2.05) is 0 Å². The Morgan fingerprint density at radius 3 is 0.963 bits per heavy atom. The summed E-state index contributed by atoms with van der Waals surface area (Å²) in [6, 6.07) is 0. The summed E-state index contributed by atoms with van der Waals surface area (Å²) in [5, 5.41) is 38.2. The zero-order chi connectivity index (χ0) is 19.0. The van der Waals surface area contributed by atoms with Crippen LogP contribution in [0.4, 0.5) is 0 Å². The van der Waals surface area contributed by atoms with Crippen molar-refractivity contribution < 1.29 is 44.1 Å². The van der Waals surface area contributed by atoms with Crippen molar-refractivity contribution in [1.82, 2.24) is 0 Å². The van der Waals surface area contributed by atoms with Crippen LogP contribution in [-0.4, -0.2) is 110 Å². The van der Waals surface area contributed by atoms with Gasteiger partial charge in [0.25, 0.3) is 0 Å². The Morgan fingerprint density at radius 2 is 0.815 bits per heavy atom. The van der Waals surface area contributed by atoms with Crippen molar-refractivity contribution in [1.29, 1.82) is 0 Å². The number of aliphatic hydroxyl groups is 4. The van der Waals surface area contributed by atoms with E-state index >= 15 is 0 Å². The number of ether oxygens (including phenoxy) is 5. The molecule has 4 rings (SSSR count). The molecule has 27 heavy (non-hydrogen) atoms. The monoisotopic (exact) mass is 390 g/mol. The average molecular weight is 390 g/mol. The number of hydrogen-bond donors (Lipinski definition) is 4. The third-order valence-electron chi connectivity index (χ3n) is 6.64. The molecule has 0 amide bonds. The summed E-state index contributed by atoms with van der Waals surface area (Å²) in [5.74, 6) is 0.0652. The van der Waals surface area contributed by atoms with E-state index in [1.165, 1.54) is 0 Å². The number of hydrogen-bond acceptors (Lipinski definition) is 9. The fraction of sp³-hybridized carbons (Fsp3) is 1.00.